The predicted molar refractivity (Wildman–Crippen MR) is 99.7 cm³/mol. The fourth-order valence-electron chi connectivity index (χ4n) is 2.30. The van der Waals surface area contributed by atoms with Gasteiger partial charge in [0.25, 0.3) is 5.91 Å². The Kier molecular flexibility index (Phi) is 6.04. The van der Waals surface area contributed by atoms with Crippen LogP contribution in [-0.2, 0) is 4.79 Å². The van der Waals surface area contributed by atoms with Gasteiger partial charge in [-0.25, -0.2) is 0 Å². The summed E-state index contributed by atoms with van der Waals surface area (Å²) >= 11 is 1.62. The second-order valence-electron chi connectivity index (χ2n) is 5.76. The van der Waals surface area contributed by atoms with E-state index in [0.717, 1.165) is 21.7 Å². The number of aryl methyl sites for hydroxylation is 2. The second kappa shape index (κ2) is 8.02. The van der Waals surface area contributed by atoms with Crippen LogP contribution in [0.4, 0.5) is 5.69 Å². The Balaban J connectivity index is 1.99. The molecule has 0 aliphatic heterocycles. The lowest BCUT2D eigenvalue weighted by Gasteiger charge is -2.17. The highest BCUT2D eigenvalue weighted by Crippen LogP contribution is 2.17. The van der Waals surface area contributed by atoms with Crippen molar-refractivity contribution in [3.05, 3.63) is 59.2 Å². The first kappa shape index (κ1) is 18.1. The minimum atomic E-state index is -0.208. The van der Waals surface area contributed by atoms with E-state index in [2.05, 4.69) is 5.32 Å². The van der Waals surface area contributed by atoms with E-state index in [4.69, 9.17) is 0 Å². The van der Waals surface area contributed by atoms with Gasteiger partial charge in [0.1, 0.15) is 0 Å². The zero-order chi connectivity index (χ0) is 17.7. The van der Waals surface area contributed by atoms with Crippen LogP contribution < -0.4 is 5.32 Å². The molecule has 2 amide bonds. The smallest absolute Gasteiger partial charge is 0.254 e. The van der Waals surface area contributed by atoms with Crippen molar-refractivity contribution >= 4 is 29.3 Å². The summed E-state index contributed by atoms with van der Waals surface area (Å²) in [7, 11) is 1.63. The van der Waals surface area contributed by atoms with Crippen molar-refractivity contribution in [1.29, 1.82) is 0 Å². The number of rotatable bonds is 5. The molecule has 0 bridgehead atoms. The van der Waals surface area contributed by atoms with E-state index in [9.17, 15) is 9.59 Å². The maximum Gasteiger partial charge on any atom is 0.254 e. The number of thioether (sulfide) groups is 1. The van der Waals surface area contributed by atoms with Crippen LogP contribution in [0.1, 0.15) is 21.5 Å². The summed E-state index contributed by atoms with van der Waals surface area (Å²) in [5, 5.41) is 2.87. The number of hydrogen-bond donors (Lipinski definition) is 1. The largest absolute Gasteiger partial charge is 0.332 e. The van der Waals surface area contributed by atoms with Crippen molar-refractivity contribution in [2.24, 2.45) is 0 Å². The van der Waals surface area contributed by atoms with Crippen molar-refractivity contribution in [3.63, 3.8) is 0 Å². The summed E-state index contributed by atoms with van der Waals surface area (Å²) in [6.45, 7) is 3.93. The van der Waals surface area contributed by atoms with Crippen LogP contribution in [0.25, 0.3) is 0 Å². The number of carbonyl (C=O) groups excluding carboxylic acids is 2. The van der Waals surface area contributed by atoms with Crippen molar-refractivity contribution in [3.8, 4) is 0 Å². The van der Waals surface area contributed by atoms with Crippen molar-refractivity contribution in [2.45, 2.75) is 18.7 Å². The summed E-state index contributed by atoms with van der Waals surface area (Å²) in [5.41, 5.74) is 3.44. The monoisotopic (exact) mass is 342 g/mol. The molecule has 0 fully saturated rings. The molecule has 0 aliphatic rings. The van der Waals surface area contributed by atoms with Gasteiger partial charge in [-0.15, -0.1) is 11.8 Å². The van der Waals surface area contributed by atoms with E-state index in [-0.39, 0.29) is 18.4 Å². The second-order valence-corrected chi connectivity index (χ2v) is 6.64. The van der Waals surface area contributed by atoms with Crippen LogP contribution in [-0.4, -0.2) is 36.6 Å². The molecule has 1 N–H and O–H groups in total. The Morgan fingerprint density at radius 2 is 1.75 bits per heavy atom. The molecule has 2 aromatic carbocycles. The van der Waals surface area contributed by atoms with Gasteiger partial charge in [-0.05, 0) is 61.6 Å². The van der Waals surface area contributed by atoms with E-state index < -0.39 is 0 Å². The fourth-order valence-corrected chi connectivity index (χ4v) is 2.71. The number of benzene rings is 2. The van der Waals surface area contributed by atoms with Crippen LogP contribution in [0, 0.1) is 13.8 Å². The molecule has 0 heterocycles. The molecule has 0 aromatic heterocycles. The third kappa shape index (κ3) is 4.61. The number of hydrogen-bond acceptors (Lipinski definition) is 3. The Hall–Kier alpha value is -2.27. The molecule has 0 spiro atoms. The average molecular weight is 342 g/mol. The summed E-state index contributed by atoms with van der Waals surface area (Å²) in [6, 6.07) is 13.3. The maximum atomic E-state index is 12.4. The molecule has 0 aliphatic carbocycles. The van der Waals surface area contributed by atoms with Crippen LogP contribution in [0.5, 0.6) is 0 Å². The van der Waals surface area contributed by atoms with E-state index >= 15 is 0 Å². The molecule has 0 saturated carbocycles. The van der Waals surface area contributed by atoms with Gasteiger partial charge < -0.3 is 10.2 Å². The molecule has 4 nitrogen and oxygen atoms in total. The van der Waals surface area contributed by atoms with Crippen LogP contribution in [0.15, 0.2) is 47.4 Å². The van der Waals surface area contributed by atoms with Crippen LogP contribution in [0.3, 0.4) is 0 Å². The van der Waals surface area contributed by atoms with E-state index in [1.54, 1.807) is 30.9 Å². The number of likely N-dealkylation sites (N-methyl/N-ethyl adjacent to an activating group) is 1. The van der Waals surface area contributed by atoms with Gasteiger partial charge in [0, 0.05) is 23.2 Å². The number of anilines is 1. The molecule has 5 heteroatoms. The van der Waals surface area contributed by atoms with Gasteiger partial charge in [-0.3, -0.25) is 9.59 Å². The number of nitrogens with zero attached hydrogens (tertiary/aromatic N) is 1. The zero-order valence-corrected chi connectivity index (χ0v) is 15.2. The lowest BCUT2D eigenvalue weighted by molar-refractivity contribution is -0.116. The van der Waals surface area contributed by atoms with Gasteiger partial charge >= 0.3 is 0 Å². The summed E-state index contributed by atoms with van der Waals surface area (Å²) in [5.74, 6) is -0.376. The highest BCUT2D eigenvalue weighted by Gasteiger charge is 2.15. The lowest BCUT2D eigenvalue weighted by Crippen LogP contribution is -2.35. The van der Waals surface area contributed by atoms with Gasteiger partial charge in [-0.2, -0.15) is 0 Å². The normalized spacial score (nSPS) is 10.3. The molecule has 126 valence electrons. The molecular weight excluding hydrogens is 320 g/mol. The molecule has 0 unspecified atom stereocenters. The summed E-state index contributed by atoms with van der Waals surface area (Å²) in [6.07, 6.45) is 1.99. The Bertz CT molecular complexity index is 742. The zero-order valence-electron chi connectivity index (χ0n) is 14.4. The highest BCUT2D eigenvalue weighted by molar-refractivity contribution is 7.98. The van der Waals surface area contributed by atoms with Crippen molar-refractivity contribution in [2.75, 3.05) is 25.2 Å². The average Bonchev–Trinajstić information content (AvgIpc) is 2.57. The third-order valence-corrected chi connectivity index (χ3v) is 4.48. The van der Waals surface area contributed by atoms with Crippen LogP contribution >= 0.6 is 11.8 Å². The molecular formula is C19H22N2O2S. The molecule has 2 rings (SSSR count). The van der Waals surface area contributed by atoms with E-state index in [0.29, 0.717) is 5.56 Å². The summed E-state index contributed by atoms with van der Waals surface area (Å²) in [4.78, 5) is 27.1. The number of nitrogens with one attached hydrogen (secondary N) is 1. The maximum absolute atomic E-state index is 12.4. The van der Waals surface area contributed by atoms with Gasteiger partial charge in [0.15, 0.2) is 0 Å². The van der Waals surface area contributed by atoms with Crippen LogP contribution in [0.2, 0.25) is 0 Å². The lowest BCUT2D eigenvalue weighted by atomic mass is 10.1. The van der Waals surface area contributed by atoms with Gasteiger partial charge in [0.05, 0.1) is 6.54 Å². The van der Waals surface area contributed by atoms with E-state index in [1.807, 2.05) is 50.4 Å². The molecule has 0 saturated heterocycles. The first-order valence-electron chi connectivity index (χ1n) is 7.67. The minimum Gasteiger partial charge on any atom is -0.332 e. The molecule has 2 aromatic rings. The highest BCUT2D eigenvalue weighted by atomic mass is 32.2. The number of carbonyl (C=O) groups is 2. The Morgan fingerprint density at radius 1 is 1.08 bits per heavy atom. The van der Waals surface area contributed by atoms with Gasteiger partial charge in [-0.1, -0.05) is 12.1 Å². The van der Waals surface area contributed by atoms with Crippen molar-refractivity contribution in [1.82, 2.24) is 4.90 Å². The molecule has 0 radical (unpaired) electrons. The summed E-state index contributed by atoms with van der Waals surface area (Å²) < 4.78 is 0. The Labute approximate surface area is 147 Å². The third-order valence-electron chi connectivity index (χ3n) is 3.73. The Morgan fingerprint density at radius 3 is 2.38 bits per heavy atom. The first-order valence-corrected chi connectivity index (χ1v) is 8.90. The predicted octanol–water partition coefficient (Wildman–Crippen LogP) is 3.74. The molecule has 24 heavy (non-hydrogen) atoms. The SMILES string of the molecule is CSc1ccc(C(=O)N(C)CC(=O)Nc2cc(C)ccc2C)cc1. The van der Waals surface area contributed by atoms with Crippen molar-refractivity contribution < 1.29 is 9.59 Å². The standard InChI is InChI=1S/C19H22N2O2S/c1-13-5-6-14(2)17(11-13)20-18(22)12-21(3)19(23)15-7-9-16(24-4)10-8-15/h5-11H,12H2,1-4H3,(H,20,22). The quantitative estimate of drug-likeness (QED) is 0.842. The minimum absolute atomic E-state index is 0.0104. The number of amides is 2. The first-order chi connectivity index (χ1) is 11.4. The topological polar surface area (TPSA) is 49.4 Å². The van der Waals surface area contributed by atoms with E-state index in [1.165, 1.54) is 4.90 Å². The molecule has 0 atom stereocenters. The fraction of sp³-hybridized carbons (Fsp3) is 0.263. The van der Waals surface area contributed by atoms with Gasteiger partial charge in [0.2, 0.25) is 5.91 Å².